The van der Waals surface area contributed by atoms with E-state index in [9.17, 15) is 9.90 Å². The van der Waals surface area contributed by atoms with Crippen LogP contribution in [0.25, 0.3) is 10.8 Å². The third-order valence-electron chi connectivity index (χ3n) is 5.87. The number of methoxy groups -OCH3 is 1. The molecule has 3 aromatic rings. The van der Waals surface area contributed by atoms with E-state index in [0.717, 1.165) is 39.1 Å². The number of fused-ring (bicyclic) bond motifs is 1. The van der Waals surface area contributed by atoms with Gasteiger partial charge in [-0.1, -0.05) is 51.1 Å². The predicted molar refractivity (Wildman–Crippen MR) is 136 cm³/mol. The zero-order valence-electron chi connectivity index (χ0n) is 20.0. The van der Waals surface area contributed by atoms with Gasteiger partial charge >= 0.3 is 5.97 Å². The Morgan fingerprint density at radius 2 is 1.76 bits per heavy atom. The zero-order valence-corrected chi connectivity index (χ0v) is 20.8. The van der Waals surface area contributed by atoms with E-state index in [-0.39, 0.29) is 10.8 Å². The second kappa shape index (κ2) is 10.2. The van der Waals surface area contributed by atoms with Crippen molar-refractivity contribution < 1.29 is 24.1 Å². The van der Waals surface area contributed by atoms with E-state index in [4.69, 9.17) is 14.2 Å². The van der Waals surface area contributed by atoms with Crippen LogP contribution in [0.1, 0.15) is 37.3 Å². The Hall–Kier alpha value is -2.90. The number of benzene rings is 3. The quantitative estimate of drug-likeness (QED) is 0.418. The van der Waals surface area contributed by atoms with Crippen LogP contribution < -0.4 is 19.5 Å². The van der Waals surface area contributed by atoms with Gasteiger partial charge in [0.15, 0.2) is 0 Å². The summed E-state index contributed by atoms with van der Waals surface area (Å²) in [5.74, 6) is 2.03. The number of aliphatic carboxylic acids is 1. The molecule has 1 aliphatic heterocycles. The Morgan fingerprint density at radius 1 is 1.06 bits per heavy atom. The van der Waals surface area contributed by atoms with Gasteiger partial charge in [0.25, 0.3) is 0 Å². The smallest absolute Gasteiger partial charge is 0.321 e. The molecule has 0 bridgehead atoms. The van der Waals surface area contributed by atoms with Gasteiger partial charge in [0.2, 0.25) is 0 Å². The number of nitrogens with one attached hydrogen (secondary N) is 1. The Bertz CT molecular complexity index is 1170. The first kappa shape index (κ1) is 24.2. The van der Waals surface area contributed by atoms with Crippen molar-refractivity contribution in [1.82, 2.24) is 5.32 Å². The molecule has 1 aliphatic rings. The molecule has 1 heterocycles. The molecule has 0 saturated carbocycles. The average molecular weight is 482 g/mol. The van der Waals surface area contributed by atoms with Crippen LogP contribution >= 0.6 is 11.8 Å². The second-order valence-corrected chi connectivity index (χ2v) is 10.4. The highest BCUT2D eigenvalue weighted by Gasteiger charge is 2.33. The van der Waals surface area contributed by atoms with Gasteiger partial charge in [-0.05, 0) is 40.5 Å². The molecule has 1 fully saturated rings. The number of ether oxygens (including phenoxy) is 3. The van der Waals surface area contributed by atoms with Gasteiger partial charge in [-0.2, -0.15) is 0 Å². The number of carbonyl (C=O) groups is 1. The minimum atomic E-state index is -0.833. The standard InChI is InChI=1S/C27H31NO5S/c1-27(2,3)20-15-18(31-4)10-12-22(20)32-13-14-33-23-11-9-17-7-5-6-8-19(17)24(23)25-28-21(16-34-25)26(29)30/h5-12,15,21,25,28H,13-14,16H2,1-4H3,(H,29,30). The lowest BCUT2D eigenvalue weighted by atomic mass is 9.86. The van der Waals surface area contributed by atoms with Crippen LogP contribution in [0.2, 0.25) is 0 Å². The fourth-order valence-corrected chi connectivity index (χ4v) is 5.40. The van der Waals surface area contributed by atoms with E-state index in [1.165, 1.54) is 0 Å². The van der Waals surface area contributed by atoms with Crippen LogP contribution in [0.5, 0.6) is 17.2 Å². The summed E-state index contributed by atoms with van der Waals surface area (Å²) in [6, 6.07) is 17.4. The number of carboxylic acids is 1. The normalized spacial score (nSPS) is 18.1. The molecule has 3 aromatic carbocycles. The summed E-state index contributed by atoms with van der Waals surface area (Å²) in [6.07, 6.45) is 0. The average Bonchev–Trinajstić information content (AvgIpc) is 3.31. The SMILES string of the molecule is COc1ccc(OCCOc2ccc3ccccc3c2C2NC(C(=O)O)CS2)c(C(C)(C)C)c1. The van der Waals surface area contributed by atoms with Crippen LogP contribution in [-0.2, 0) is 10.2 Å². The summed E-state index contributed by atoms with van der Waals surface area (Å²) in [4.78, 5) is 11.5. The first-order valence-corrected chi connectivity index (χ1v) is 12.4. The molecule has 2 atom stereocenters. The van der Waals surface area contributed by atoms with Gasteiger partial charge in [-0.25, -0.2) is 0 Å². The molecule has 1 saturated heterocycles. The molecular weight excluding hydrogens is 450 g/mol. The molecule has 7 heteroatoms. The van der Waals surface area contributed by atoms with Crippen molar-refractivity contribution in [2.75, 3.05) is 26.1 Å². The van der Waals surface area contributed by atoms with Crippen LogP contribution in [0.3, 0.4) is 0 Å². The number of hydrogen-bond acceptors (Lipinski definition) is 6. The first-order valence-electron chi connectivity index (χ1n) is 11.3. The zero-order chi connectivity index (χ0) is 24.3. The number of hydrogen-bond donors (Lipinski definition) is 2. The lowest BCUT2D eigenvalue weighted by Crippen LogP contribution is -2.33. The molecule has 2 N–H and O–H groups in total. The van der Waals surface area contributed by atoms with E-state index in [0.29, 0.717) is 19.0 Å². The highest BCUT2D eigenvalue weighted by atomic mass is 32.2. The van der Waals surface area contributed by atoms with Gasteiger partial charge in [-0.3, -0.25) is 10.1 Å². The lowest BCUT2D eigenvalue weighted by Gasteiger charge is -2.24. The Balaban J connectivity index is 1.51. The van der Waals surface area contributed by atoms with E-state index in [1.54, 1.807) is 18.9 Å². The Labute approximate surface area is 204 Å². The van der Waals surface area contributed by atoms with Crippen LogP contribution in [0.15, 0.2) is 54.6 Å². The molecule has 0 aromatic heterocycles. The van der Waals surface area contributed by atoms with Gasteiger partial charge < -0.3 is 19.3 Å². The molecule has 0 radical (unpaired) electrons. The maximum Gasteiger partial charge on any atom is 0.321 e. The van der Waals surface area contributed by atoms with Crippen molar-refractivity contribution in [2.24, 2.45) is 0 Å². The van der Waals surface area contributed by atoms with Gasteiger partial charge in [0.05, 0.1) is 12.5 Å². The summed E-state index contributed by atoms with van der Waals surface area (Å²) in [5.41, 5.74) is 1.96. The molecule has 0 aliphatic carbocycles. The summed E-state index contributed by atoms with van der Waals surface area (Å²) >= 11 is 1.59. The number of thioether (sulfide) groups is 1. The lowest BCUT2D eigenvalue weighted by molar-refractivity contribution is -0.138. The summed E-state index contributed by atoms with van der Waals surface area (Å²) in [5, 5.41) is 14.6. The van der Waals surface area contributed by atoms with E-state index >= 15 is 0 Å². The number of carboxylic acid groups (broad SMARTS) is 1. The molecule has 0 spiro atoms. The maximum absolute atomic E-state index is 11.5. The largest absolute Gasteiger partial charge is 0.497 e. The summed E-state index contributed by atoms with van der Waals surface area (Å²) in [7, 11) is 1.66. The third-order valence-corrected chi connectivity index (χ3v) is 7.10. The molecule has 180 valence electrons. The monoisotopic (exact) mass is 481 g/mol. The Kier molecular flexibility index (Phi) is 7.24. The molecule has 0 amide bonds. The highest BCUT2D eigenvalue weighted by molar-refractivity contribution is 7.99. The van der Waals surface area contributed by atoms with Crippen LogP contribution in [-0.4, -0.2) is 43.2 Å². The molecule has 2 unspecified atom stereocenters. The van der Waals surface area contributed by atoms with Crippen LogP contribution in [0, 0.1) is 0 Å². The van der Waals surface area contributed by atoms with Crippen molar-refractivity contribution in [1.29, 1.82) is 0 Å². The van der Waals surface area contributed by atoms with E-state index in [1.807, 2.05) is 42.5 Å². The molecule has 4 rings (SSSR count). The second-order valence-electron chi connectivity index (χ2n) is 9.28. The Morgan fingerprint density at radius 3 is 2.44 bits per heavy atom. The molecular formula is C27H31NO5S. The highest BCUT2D eigenvalue weighted by Crippen LogP contribution is 2.42. The van der Waals surface area contributed by atoms with Crippen molar-refractivity contribution in [2.45, 2.75) is 37.6 Å². The molecule has 6 nitrogen and oxygen atoms in total. The molecule has 34 heavy (non-hydrogen) atoms. The third kappa shape index (κ3) is 5.26. The van der Waals surface area contributed by atoms with E-state index < -0.39 is 12.0 Å². The fourth-order valence-electron chi connectivity index (χ4n) is 4.10. The van der Waals surface area contributed by atoms with Crippen molar-refractivity contribution in [3.05, 3.63) is 65.7 Å². The van der Waals surface area contributed by atoms with E-state index in [2.05, 4.69) is 38.2 Å². The predicted octanol–water partition coefficient (Wildman–Crippen LogP) is 5.39. The topological polar surface area (TPSA) is 77.0 Å². The van der Waals surface area contributed by atoms with Gasteiger partial charge in [-0.15, -0.1) is 11.8 Å². The fraction of sp³-hybridized carbons (Fsp3) is 0.370. The summed E-state index contributed by atoms with van der Waals surface area (Å²) < 4.78 is 17.7. The van der Waals surface area contributed by atoms with Gasteiger partial charge in [0, 0.05) is 16.9 Å². The van der Waals surface area contributed by atoms with Crippen molar-refractivity contribution in [3.8, 4) is 17.2 Å². The summed E-state index contributed by atoms with van der Waals surface area (Å²) in [6.45, 7) is 7.17. The van der Waals surface area contributed by atoms with Crippen LogP contribution in [0.4, 0.5) is 0 Å². The first-order chi connectivity index (χ1) is 16.3. The van der Waals surface area contributed by atoms with Gasteiger partial charge in [0.1, 0.15) is 36.5 Å². The minimum absolute atomic E-state index is 0.0949. The van der Waals surface area contributed by atoms with Crippen molar-refractivity contribution in [3.63, 3.8) is 0 Å². The minimum Gasteiger partial charge on any atom is -0.497 e. The number of rotatable bonds is 8. The van der Waals surface area contributed by atoms with Crippen molar-refractivity contribution >= 4 is 28.5 Å². The maximum atomic E-state index is 11.5.